The molecule has 1 atom stereocenters. The van der Waals surface area contributed by atoms with E-state index in [1.165, 1.54) is 12.2 Å². The van der Waals surface area contributed by atoms with Gasteiger partial charge in [0.05, 0.1) is 22.2 Å². The van der Waals surface area contributed by atoms with Crippen LogP contribution in [-0.4, -0.2) is 36.7 Å². The van der Waals surface area contributed by atoms with Crippen molar-refractivity contribution in [3.63, 3.8) is 0 Å². The SMILES string of the molecule is CC(OC(=O)OC/C=C\COC(=O)Cc1ccccc1Nc1c(Cl)cccc1Cl)O[N+](=O)[O-]. The number of nitrogens with one attached hydrogen (secondary N) is 1. The molecule has 0 amide bonds. The highest BCUT2D eigenvalue weighted by molar-refractivity contribution is 6.39. The van der Waals surface area contributed by atoms with Crippen LogP contribution in [0, 0.1) is 10.1 Å². The second-order valence-electron chi connectivity index (χ2n) is 6.29. The van der Waals surface area contributed by atoms with Crippen molar-refractivity contribution in [2.45, 2.75) is 19.6 Å². The molecule has 0 radical (unpaired) electrons. The van der Waals surface area contributed by atoms with Crippen LogP contribution in [0.5, 0.6) is 0 Å². The minimum absolute atomic E-state index is 0.00372. The van der Waals surface area contributed by atoms with E-state index < -0.39 is 23.5 Å². The Morgan fingerprint density at radius 2 is 1.70 bits per heavy atom. The first-order valence-corrected chi connectivity index (χ1v) is 10.3. The number of ether oxygens (including phenoxy) is 3. The Morgan fingerprint density at radius 1 is 1.06 bits per heavy atom. The number of carbonyl (C=O) groups excluding carboxylic acids is 2. The normalized spacial score (nSPS) is 11.5. The molecular weight excluding hydrogens is 479 g/mol. The average Bonchev–Trinajstić information content (AvgIpc) is 2.73. The molecule has 0 saturated heterocycles. The van der Waals surface area contributed by atoms with Crippen LogP contribution in [0.15, 0.2) is 54.6 Å². The quantitative estimate of drug-likeness (QED) is 0.148. The van der Waals surface area contributed by atoms with Crippen molar-refractivity contribution in [3.05, 3.63) is 80.3 Å². The van der Waals surface area contributed by atoms with Gasteiger partial charge in [0.1, 0.15) is 13.2 Å². The molecule has 2 aromatic carbocycles. The molecule has 0 aliphatic rings. The highest BCUT2D eigenvalue weighted by Crippen LogP contribution is 2.33. The molecular formula is C21H20Cl2N2O8. The minimum atomic E-state index is -1.40. The number of anilines is 2. The third-order valence-corrected chi connectivity index (χ3v) is 4.51. The van der Waals surface area contributed by atoms with E-state index >= 15 is 0 Å². The van der Waals surface area contributed by atoms with Gasteiger partial charge in [0.15, 0.2) is 0 Å². The second-order valence-corrected chi connectivity index (χ2v) is 7.10. The third-order valence-electron chi connectivity index (χ3n) is 3.88. The van der Waals surface area contributed by atoms with Crippen LogP contribution in [0.25, 0.3) is 0 Å². The zero-order valence-corrected chi connectivity index (χ0v) is 18.9. The lowest BCUT2D eigenvalue weighted by Crippen LogP contribution is -2.21. The molecule has 0 bridgehead atoms. The first-order valence-electron chi connectivity index (χ1n) is 9.50. The summed E-state index contributed by atoms with van der Waals surface area (Å²) in [4.78, 5) is 37.6. The van der Waals surface area contributed by atoms with Crippen molar-refractivity contribution in [3.8, 4) is 0 Å². The van der Waals surface area contributed by atoms with Crippen LogP contribution < -0.4 is 5.32 Å². The van der Waals surface area contributed by atoms with Gasteiger partial charge in [-0.3, -0.25) is 9.63 Å². The summed E-state index contributed by atoms with van der Waals surface area (Å²) >= 11 is 12.4. The lowest BCUT2D eigenvalue weighted by atomic mass is 10.1. The maximum absolute atomic E-state index is 12.2. The van der Waals surface area contributed by atoms with Crippen molar-refractivity contribution in [1.29, 1.82) is 0 Å². The van der Waals surface area contributed by atoms with E-state index in [2.05, 4.69) is 19.6 Å². The summed E-state index contributed by atoms with van der Waals surface area (Å²) in [5.41, 5.74) is 1.87. The highest BCUT2D eigenvalue weighted by Gasteiger charge is 2.14. The lowest BCUT2D eigenvalue weighted by molar-refractivity contribution is -0.777. The van der Waals surface area contributed by atoms with Gasteiger partial charge in [-0.1, -0.05) is 47.5 Å². The van der Waals surface area contributed by atoms with Gasteiger partial charge in [-0.15, -0.1) is 10.1 Å². The molecule has 1 unspecified atom stereocenters. The van der Waals surface area contributed by atoms with Crippen molar-refractivity contribution in [2.75, 3.05) is 18.5 Å². The zero-order valence-electron chi connectivity index (χ0n) is 17.4. The summed E-state index contributed by atoms with van der Waals surface area (Å²) in [7, 11) is 0. The number of nitrogens with zero attached hydrogens (tertiary/aromatic N) is 1. The molecule has 0 aliphatic carbocycles. The van der Waals surface area contributed by atoms with E-state index in [0.717, 1.165) is 6.92 Å². The summed E-state index contributed by atoms with van der Waals surface area (Å²) in [6.45, 7) is 0.924. The molecule has 0 spiro atoms. The minimum Gasteiger partial charge on any atom is -0.461 e. The van der Waals surface area contributed by atoms with Gasteiger partial charge >= 0.3 is 12.1 Å². The van der Waals surface area contributed by atoms with Crippen molar-refractivity contribution in [1.82, 2.24) is 0 Å². The summed E-state index contributed by atoms with van der Waals surface area (Å²) in [5, 5.41) is 13.0. The Hall–Kier alpha value is -3.50. The molecule has 33 heavy (non-hydrogen) atoms. The van der Waals surface area contributed by atoms with E-state index in [1.54, 1.807) is 42.5 Å². The first kappa shape index (κ1) is 25.8. The van der Waals surface area contributed by atoms with Crippen molar-refractivity contribution in [2.24, 2.45) is 0 Å². The van der Waals surface area contributed by atoms with Gasteiger partial charge in [-0.05, 0) is 42.8 Å². The van der Waals surface area contributed by atoms with Gasteiger partial charge in [-0.25, -0.2) is 4.79 Å². The number of rotatable bonds is 11. The zero-order chi connectivity index (χ0) is 24.2. The average molecular weight is 499 g/mol. The maximum atomic E-state index is 12.2. The standard InChI is InChI=1S/C21H20Cl2N2O8/c1-14(33-25(28)29)32-21(27)31-12-5-4-11-30-19(26)13-15-7-2-3-10-18(15)24-20-16(22)8-6-9-17(20)23/h2-10,14,24H,11-13H2,1H3/b5-4-. The Labute approximate surface area is 199 Å². The molecule has 2 aromatic rings. The second kappa shape index (κ2) is 13.1. The summed E-state index contributed by atoms with van der Waals surface area (Å²) in [5.74, 6) is -0.481. The molecule has 2 rings (SSSR count). The van der Waals surface area contributed by atoms with Crippen LogP contribution in [-0.2, 0) is 30.3 Å². The number of halogens is 2. The van der Waals surface area contributed by atoms with Gasteiger partial charge in [0, 0.05) is 5.69 Å². The fourth-order valence-corrected chi connectivity index (χ4v) is 2.95. The van der Waals surface area contributed by atoms with Gasteiger partial charge in [0.2, 0.25) is 6.29 Å². The van der Waals surface area contributed by atoms with Gasteiger partial charge in [-0.2, -0.15) is 0 Å². The smallest absolute Gasteiger partial charge is 0.461 e. The number of para-hydroxylation sites is 2. The Kier molecular flexibility index (Phi) is 10.3. The number of hydrogen-bond donors (Lipinski definition) is 1. The molecule has 0 aromatic heterocycles. The Morgan fingerprint density at radius 3 is 2.36 bits per heavy atom. The van der Waals surface area contributed by atoms with Gasteiger partial charge in [0.25, 0.3) is 5.09 Å². The van der Waals surface area contributed by atoms with Crippen molar-refractivity contribution < 1.29 is 33.7 Å². The molecule has 0 aliphatic heterocycles. The van der Waals surface area contributed by atoms with E-state index in [0.29, 0.717) is 27.0 Å². The van der Waals surface area contributed by atoms with Gasteiger partial charge < -0.3 is 19.5 Å². The van der Waals surface area contributed by atoms with E-state index in [-0.39, 0.29) is 19.6 Å². The van der Waals surface area contributed by atoms with Crippen molar-refractivity contribution >= 4 is 46.7 Å². The fraction of sp³-hybridized carbons (Fsp3) is 0.238. The van der Waals surface area contributed by atoms with Crippen LogP contribution in [0.4, 0.5) is 16.2 Å². The van der Waals surface area contributed by atoms with Crippen LogP contribution in [0.1, 0.15) is 12.5 Å². The predicted molar refractivity (Wildman–Crippen MR) is 120 cm³/mol. The largest absolute Gasteiger partial charge is 0.510 e. The predicted octanol–water partition coefficient (Wildman–Crippen LogP) is 5.09. The van der Waals surface area contributed by atoms with E-state index in [4.69, 9.17) is 27.9 Å². The summed E-state index contributed by atoms with van der Waals surface area (Å²) in [6, 6.07) is 12.3. The Bertz CT molecular complexity index is 995. The first-order chi connectivity index (χ1) is 15.8. The lowest BCUT2D eigenvalue weighted by Gasteiger charge is -2.14. The molecule has 10 nitrogen and oxygen atoms in total. The molecule has 0 fully saturated rings. The molecule has 176 valence electrons. The molecule has 0 heterocycles. The Balaban J connectivity index is 1.78. The number of hydrogen-bond acceptors (Lipinski definition) is 9. The van der Waals surface area contributed by atoms with E-state index in [1.807, 2.05) is 0 Å². The van der Waals surface area contributed by atoms with E-state index in [9.17, 15) is 19.7 Å². The summed E-state index contributed by atoms with van der Waals surface area (Å²) in [6.07, 6.45) is 0.339. The van der Waals surface area contributed by atoms with Crippen LogP contribution >= 0.6 is 23.2 Å². The topological polar surface area (TPSA) is 126 Å². The summed E-state index contributed by atoms with van der Waals surface area (Å²) < 4.78 is 14.3. The highest BCUT2D eigenvalue weighted by atomic mass is 35.5. The van der Waals surface area contributed by atoms with Crippen LogP contribution in [0.3, 0.4) is 0 Å². The number of carbonyl (C=O) groups is 2. The fourth-order valence-electron chi connectivity index (χ4n) is 2.46. The number of benzene rings is 2. The monoisotopic (exact) mass is 498 g/mol. The van der Waals surface area contributed by atoms with Crippen LogP contribution in [0.2, 0.25) is 10.0 Å². The molecule has 12 heteroatoms. The third kappa shape index (κ3) is 9.26. The number of esters is 1. The molecule has 0 saturated carbocycles. The molecule has 1 N–H and O–H groups in total. The maximum Gasteiger partial charge on any atom is 0.510 e.